The Bertz CT molecular complexity index is 644. The molecule has 0 fully saturated rings. The molecule has 96 valence electrons. The van der Waals surface area contributed by atoms with E-state index in [2.05, 4.69) is 0 Å². The summed E-state index contributed by atoms with van der Waals surface area (Å²) in [5.74, 6) is 0.353. The van der Waals surface area contributed by atoms with E-state index in [1.807, 2.05) is 38.1 Å². The Morgan fingerprint density at radius 1 is 1.16 bits per heavy atom. The van der Waals surface area contributed by atoms with Crippen molar-refractivity contribution in [3.8, 4) is 11.8 Å². The zero-order valence-electron chi connectivity index (χ0n) is 10.9. The SMILES string of the molecule is Cc1ccc(OCc2cc(F)cc(C#N)c2)c(C)c1. The van der Waals surface area contributed by atoms with Gasteiger partial charge in [0.15, 0.2) is 0 Å². The molecule has 0 N–H and O–H groups in total. The Labute approximate surface area is 112 Å². The maximum atomic E-state index is 13.3. The predicted molar refractivity (Wildman–Crippen MR) is 71.4 cm³/mol. The summed E-state index contributed by atoms with van der Waals surface area (Å²) in [6.45, 7) is 4.23. The summed E-state index contributed by atoms with van der Waals surface area (Å²) in [6, 6.07) is 12.0. The number of hydrogen-bond acceptors (Lipinski definition) is 2. The Balaban J connectivity index is 2.14. The Morgan fingerprint density at radius 3 is 2.63 bits per heavy atom. The highest BCUT2D eigenvalue weighted by Crippen LogP contribution is 2.20. The maximum Gasteiger partial charge on any atom is 0.124 e. The molecule has 0 unspecified atom stereocenters. The van der Waals surface area contributed by atoms with Crippen LogP contribution in [0.25, 0.3) is 0 Å². The van der Waals surface area contributed by atoms with Crippen LogP contribution in [-0.2, 0) is 6.61 Å². The van der Waals surface area contributed by atoms with Crippen LogP contribution in [0.15, 0.2) is 36.4 Å². The third-order valence-electron chi connectivity index (χ3n) is 2.81. The Hall–Kier alpha value is -2.34. The normalized spacial score (nSPS) is 10.0. The lowest BCUT2D eigenvalue weighted by Crippen LogP contribution is -1.98. The minimum Gasteiger partial charge on any atom is -0.489 e. The van der Waals surface area contributed by atoms with Crippen molar-refractivity contribution in [2.75, 3.05) is 0 Å². The molecule has 0 aromatic heterocycles. The van der Waals surface area contributed by atoms with E-state index in [0.29, 0.717) is 11.1 Å². The lowest BCUT2D eigenvalue weighted by atomic mass is 10.1. The fourth-order valence-electron chi connectivity index (χ4n) is 1.92. The molecule has 0 aliphatic heterocycles. The van der Waals surface area contributed by atoms with Crippen molar-refractivity contribution in [3.63, 3.8) is 0 Å². The number of halogens is 1. The molecule has 0 radical (unpaired) electrons. The van der Waals surface area contributed by atoms with Gasteiger partial charge in [0.05, 0.1) is 11.6 Å². The molecule has 3 heteroatoms. The van der Waals surface area contributed by atoms with E-state index in [1.54, 1.807) is 6.07 Å². The van der Waals surface area contributed by atoms with Crippen molar-refractivity contribution < 1.29 is 9.13 Å². The van der Waals surface area contributed by atoms with Crippen LogP contribution >= 0.6 is 0 Å². The van der Waals surface area contributed by atoms with E-state index in [4.69, 9.17) is 10.00 Å². The summed E-state index contributed by atoms with van der Waals surface area (Å²) in [5.41, 5.74) is 3.16. The van der Waals surface area contributed by atoms with Crippen LogP contribution in [0.4, 0.5) is 4.39 Å². The van der Waals surface area contributed by atoms with Gasteiger partial charge in [-0.15, -0.1) is 0 Å². The molecule has 0 bridgehead atoms. The molecule has 19 heavy (non-hydrogen) atoms. The molecule has 0 saturated carbocycles. The highest BCUT2D eigenvalue weighted by atomic mass is 19.1. The first kappa shape index (κ1) is 13.1. The number of rotatable bonds is 3. The highest BCUT2D eigenvalue weighted by Gasteiger charge is 2.03. The van der Waals surface area contributed by atoms with Crippen molar-refractivity contribution in [2.24, 2.45) is 0 Å². The second kappa shape index (κ2) is 5.53. The predicted octanol–water partition coefficient (Wildman–Crippen LogP) is 3.89. The van der Waals surface area contributed by atoms with Crippen LogP contribution in [0.3, 0.4) is 0 Å². The summed E-state index contributed by atoms with van der Waals surface area (Å²) in [5, 5.41) is 8.79. The average Bonchev–Trinajstić information content (AvgIpc) is 2.37. The number of nitrogens with zero attached hydrogens (tertiary/aromatic N) is 1. The van der Waals surface area contributed by atoms with Crippen LogP contribution in [0.2, 0.25) is 0 Å². The number of benzene rings is 2. The van der Waals surface area contributed by atoms with Gasteiger partial charge >= 0.3 is 0 Å². The lowest BCUT2D eigenvalue weighted by molar-refractivity contribution is 0.303. The first-order valence-electron chi connectivity index (χ1n) is 5.98. The Morgan fingerprint density at radius 2 is 1.95 bits per heavy atom. The van der Waals surface area contributed by atoms with Gasteiger partial charge in [0.1, 0.15) is 18.2 Å². The number of ether oxygens (including phenoxy) is 1. The molecule has 0 saturated heterocycles. The highest BCUT2D eigenvalue weighted by molar-refractivity contribution is 5.37. The quantitative estimate of drug-likeness (QED) is 0.833. The van der Waals surface area contributed by atoms with Gasteiger partial charge in [-0.3, -0.25) is 0 Å². The van der Waals surface area contributed by atoms with E-state index in [9.17, 15) is 4.39 Å². The maximum absolute atomic E-state index is 13.3. The summed E-state index contributed by atoms with van der Waals surface area (Å²) >= 11 is 0. The molecule has 0 aliphatic rings. The molecule has 0 amide bonds. The van der Waals surface area contributed by atoms with Crippen LogP contribution in [0, 0.1) is 31.0 Å². The van der Waals surface area contributed by atoms with E-state index in [0.717, 1.165) is 11.3 Å². The molecular formula is C16H14FNO. The van der Waals surface area contributed by atoms with Crippen LogP contribution < -0.4 is 4.74 Å². The first-order valence-corrected chi connectivity index (χ1v) is 5.98. The number of nitriles is 1. The lowest BCUT2D eigenvalue weighted by Gasteiger charge is -2.10. The van der Waals surface area contributed by atoms with E-state index < -0.39 is 5.82 Å². The minimum absolute atomic E-state index is 0.246. The van der Waals surface area contributed by atoms with E-state index in [1.165, 1.54) is 17.7 Å². The molecule has 2 aromatic carbocycles. The standard InChI is InChI=1S/C16H14FNO/c1-11-3-4-16(12(2)5-11)19-10-14-6-13(9-18)7-15(17)8-14/h3-8H,10H2,1-2H3. The second-order valence-corrected chi connectivity index (χ2v) is 4.52. The van der Waals surface area contributed by atoms with Gasteiger partial charge in [-0.05, 0) is 49.2 Å². The van der Waals surface area contributed by atoms with Crippen molar-refractivity contribution in [2.45, 2.75) is 20.5 Å². The summed E-state index contributed by atoms with van der Waals surface area (Å²) in [4.78, 5) is 0. The number of hydrogen-bond donors (Lipinski definition) is 0. The van der Waals surface area contributed by atoms with Crippen molar-refractivity contribution >= 4 is 0 Å². The zero-order valence-corrected chi connectivity index (χ0v) is 10.9. The van der Waals surface area contributed by atoms with Crippen LogP contribution in [0.1, 0.15) is 22.3 Å². The smallest absolute Gasteiger partial charge is 0.124 e. The molecule has 2 rings (SSSR count). The average molecular weight is 255 g/mol. The second-order valence-electron chi connectivity index (χ2n) is 4.52. The monoisotopic (exact) mass is 255 g/mol. The first-order chi connectivity index (χ1) is 9.08. The molecule has 0 heterocycles. The topological polar surface area (TPSA) is 33.0 Å². The summed E-state index contributed by atoms with van der Waals surface area (Å²) in [7, 11) is 0. The van der Waals surface area contributed by atoms with E-state index in [-0.39, 0.29) is 6.61 Å². The molecule has 0 aliphatic carbocycles. The molecular weight excluding hydrogens is 241 g/mol. The minimum atomic E-state index is -0.418. The Kier molecular flexibility index (Phi) is 3.82. The van der Waals surface area contributed by atoms with Gasteiger partial charge in [0, 0.05) is 0 Å². The molecule has 2 aromatic rings. The third kappa shape index (κ3) is 3.32. The van der Waals surface area contributed by atoms with Crippen LogP contribution in [0.5, 0.6) is 5.75 Å². The van der Waals surface area contributed by atoms with Gasteiger partial charge < -0.3 is 4.74 Å². The van der Waals surface area contributed by atoms with E-state index >= 15 is 0 Å². The fraction of sp³-hybridized carbons (Fsp3) is 0.188. The molecule has 0 spiro atoms. The third-order valence-corrected chi connectivity index (χ3v) is 2.81. The summed E-state index contributed by atoms with van der Waals surface area (Å²) < 4.78 is 18.9. The van der Waals surface area contributed by atoms with Gasteiger partial charge in [-0.25, -0.2) is 4.39 Å². The van der Waals surface area contributed by atoms with Gasteiger partial charge in [0.25, 0.3) is 0 Å². The van der Waals surface area contributed by atoms with Gasteiger partial charge in [-0.1, -0.05) is 17.7 Å². The van der Waals surface area contributed by atoms with Crippen molar-refractivity contribution in [1.82, 2.24) is 0 Å². The van der Waals surface area contributed by atoms with Gasteiger partial charge in [-0.2, -0.15) is 5.26 Å². The fourth-order valence-corrected chi connectivity index (χ4v) is 1.92. The largest absolute Gasteiger partial charge is 0.489 e. The van der Waals surface area contributed by atoms with Gasteiger partial charge in [0.2, 0.25) is 0 Å². The van der Waals surface area contributed by atoms with Crippen molar-refractivity contribution in [1.29, 1.82) is 5.26 Å². The van der Waals surface area contributed by atoms with Crippen LogP contribution in [-0.4, -0.2) is 0 Å². The van der Waals surface area contributed by atoms with Crippen molar-refractivity contribution in [3.05, 3.63) is 64.5 Å². The number of aryl methyl sites for hydroxylation is 2. The molecule has 2 nitrogen and oxygen atoms in total. The zero-order chi connectivity index (χ0) is 13.8. The molecule has 0 atom stereocenters. The summed E-state index contributed by atoms with van der Waals surface area (Å²) in [6.07, 6.45) is 0.